The lowest BCUT2D eigenvalue weighted by Crippen LogP contribution is -2.25. The first kappa shape index (κ1) is 10.9. The van der Waals surface area contributed by atoms with Gasteiger partial charge in [-0.05, 0) is 0 Å². The molecular weight excluding hydrogens is 248 g/mol. The molecule has 0 bridgehead atoms. The number of hydrogen-bond donors (Lipinski definition) is 1. The molecule has 0 atom stereocenters. The number of hydrogen-bond acceptors (Lipinski definition) is 3. The maximum Gasteiger partial charge on any atom is 0.222 e. The van der Waals surface area contributed by atoms with Gasteiger partial charge in [-0.15, -0.1) is 5.10 Å². The predicted molar refractivity (Wildman–Crippen MR) is 55.7 cm³/mol. The first-order valence-corrected chi connectivity index (χ1v) is 4.92. The summed E-state index contributed by atoms with van der Waals surface area (Å²) < 4.78 is 2.37. The van der Waals surface area contributed by atoms with E-state index in [4.69, 9.17) is 0 Å². The Bertz CT molecular complexity index is 309. The number of halogens is 1. The van der Waals surface area contributed by atoms with Crippen LogP contribution in [0.3, 0.4) is 0 Å². The molecule has 0 aliphatic heterocycles. The smallest absolute Gasteiger partial charge is 0.222 e. The second-order valence-electron chi connectivity index (χ2n) is 2.71. The molecule has 0 aliphatic rings. The lowest BCUT2D eigenvalue weighted by Gasteiger charge is -2.03. The van der Waals surface area contributed by atoms with Crippen LogP contribution in [0.25, 0.3) is 0 Å². The molecule has 0 saturated heterocycles. The number of aryl methyl sites for hydroxylation is 1. The van der Waals surface area contributed by atoms with E-state index in [0.29, 0.717) is 19.5 Å². The van der Waals surface area contributed by atoms with Gasteiger partial charge in [-0.1, -0.05) is 27.7 Å². The minimum absolute atomic E-state index is 0.0268. The molecule has 1 heterocycles. The van der Waals surface area contributed by atoms with Crippen molar-refractivity contribution in [2.45, 2.75) is 13.0 Å². The second kappa shape index (κ2) is 5.54. The standard InChI is InChI=1S/C8H11BrN4O/c1-7(9)6-10-8(14)2-4-13-5-3-11-12-13/h3,5H,1-2,4,6H2,(H,10,14). The van der Waals surface area contributed by atoms with E-state index >= 15 is 0 Å². The van der Waals surface area contributed by atoms with E-state index in [-0.39, 0.29) is 5.91 Å². The van der Waals surface area contributed by atoms with Crippen molar-refractivity contribution >= 4 is 21.8 Å². The highest BCUT2D eigenvalue weighted by Crippen LogP contribution is 1.97. The topological polar surface area (TPSA) is 59.8 Å². The van der Waals surface area contributed by atoms with E-state index in [1.54, 1.807) is 17.1 Å². The molecule has 0 aromatic carbocycles. The van der Waals surface area contributed by atoms with E-state index < -0.39 is 0 Å². The number of nitrogens with one attached hydrogen (secondary N) is 1. The zero-order chi connectivity index (χ0) is 10.4. The highest BCUT2D eigenvalue weighted by atomic mass is 79.9. The summed E-state index contributed by atoms with van der Waals surface area (Å²) in [5.41, 5.74) is 0. The molecule has 0 fully saturated rings. The Morgan fingerprint density at radius 3 is 3.00 bits per heavy atom. The maximum absolute atomic E-state index is 11.2. The van der Waals surface area contributed by atoms with E-state index in [2.05, 4.69) is 38.1 Å². The highest BCUT2D eigenvalue weighted by Gasteiger charge is 2.01. The van der Waals surface area contributed by atoms with Crippen LogP contribution < -0.4 is 5.32 Å². The van der Waals surface area contributed by atoms with Gasteiger partial charge in [0, 0.05) is 23.6 Å². The summed E-state index contributed by atoms with van der Waals surface area (Å²) in [4.78, 5) is 11.2. The number of carbonyl (C=O) groups is 1. The highest BCUT2D eigenvalue weighted by molar-refractivity contribution is 9.11. The van der Waals surface area contributed by atoms with Gasteiger partial charge in [0.05, 0.1) is 12.7 Å². The summed E-state index contributed by atoms with van der Waals surface area (Å²) >= 11 is 3.16. The Balaban J connectivity index is 2.18. The van der Waals surface area contributed by atoms with Crippen molar-refractivity contribution in [2.24, 2.45) is 0 Å². The normalized spacial score (nSPS) is 9.79. The third kappa shape index (κ3) is 4.18. The molecule has 5 nitrogen and oxygen atoms in total. The lowest BCUT2D eigenvalue weighted by atomic mass is 10.4. The van der Waals surface area contributed by atoms with Gasteiger partial charge in [0.2, 0.25) is 5.91 Å². The van der Waals surface area contributed by atoms with Crippen molar-refractivity contribution < 1.29 is 4.79 Å². The summed E-state index contributed by atoms with van der Waals surface area (Å²) in [6.45, 7) is 4.61. The van der Waals surface area contributed by atoms with E-state index in [9.17, 15) is 4.79 Å². The zero-order valence-electron chi connectivity index (χ0n) is 7.61. The minimum Gasteiger partial charge on any atom is -0.351 e. The fourth-order valence-corrected chi connectivity index (χ4v) is 0.991. The summed E-state index contributed by atoms with van der Waals surface area (Å²) in [5, 5.41) is 10.1. The van der Waals surface area contributed by atoms with Crippen LogP contribution in [-0.4, -0.2) is 27.4 Å². The Kier molecular flexibility index (Phi) is 4.31. The third-order valence-corrected chi connectivity index (χ3v) is 1.80. The van der Waals surface area contributed by atoms with Crippen LogP contribution in [0.1, 0.15) is 6.42 Å². The molecule has 0 saturated carbocycles. The van der Waals surface area contributed by atoms with E-state index in [1.807, 2.05) is 0 Å². The number of aromatic nitrogens is 3. The monoisotopic (exact) mass is 258 g/mol. The molecule has 1 aromatic heterocycles. The predicted octanol–water partition coefficient (Wildman–Crippen LogP) is 0.693. The minimum atomic E-state index is -0.0268. The van der Waals surface area contributed by atoms with Gasteiger partial charge in [-0.3, -0.25) is 9.48 Å². The molecule has 0 aliphatic carbocycles. The van der Waals surface area contributed by atoms with Crippen LogP contribution in [0.15, 0.2) is 23.5 Å². The Hall–Kier alpha value is -1.17. The van der Waals surface area contributed by atoms with Gasteiger partial charge < -0.3 is 5.32 Å². The molecule has 14 heavy (non-hydrogen) atoms. The average molecular weight is 259 g/mol. The fraction of sp³-hybridized carbons (Fsp3) is 0.375. The van der Waals surface area contributed by atoms with Crippen LogP contribution >= 0.6 is 15.9 Å². The average Bonchev–Trinajstić information content (AvgIpc) is 2.63. The quantitative estimate of drug-likeness (QED) is 0.846. The molecule has 1 amide bonds. The van der Waals surface area contributed by atoms with Crippen molar-refractivity contribution in [1.82, 2.24) is 20.3 Å². The van der Waals surface area contributed by atoms with Crippen molar-refractivity contribution in [2.75, 3.05) is 6.54 Å². The van der Waals surface area contributed by atoms with Gasteiger partial charge >= 0.3 is 0 Å². The summed E-state index contributed by atoms with van der Waals surface area (Å²) in [6, 6.07) is 0. The number of nitrogens with zero attached hydrogens (tertiary/aromatic N) is 3. The molecular formula is C8H11BrN4O. The molecule has 0 radical (unpaired) electrons. The largest absolute Gasteiger partial charge is 0.351 e. The van der Waals surface area contributed by atoms with Gasteiger partial charge in [0.1, 0.15) is 0 Å². The van der Waals surface area contributed by atoms with Crippen molar-refractivity contribution in [3.63, 3.8) is 0 Å². The van der Waals surface area contributed by atoms with E-state index in [0.717, 1.165) is 4.48 Å². The van der Waals surface area contributed by atoms with E-state index in [1.165, 1.54) is 0 Å². The van der Waals surface area contributed by atoms with Gasteiger partial charge in [-0.25, -0.2) is 0 Å². The third-order valence-electron chi connectivity index (χ3n) is 1.52. The number of rotatable bonds is 5. The zero-order valence-corrected chi connectivity index (χ0v) is 9.20. The van der Waals surface area contributed by atoms with Crippen LogP contribution in [-0.2, 0) is 11.3 Å². The van der Waals surface area contributed by atoms with Crippen LogP contribution in [0.2, 0.25) is 0 Å². The Labute approximate surface area is 90.3 Å². The molecule has 1 aromatic rings. The fourth-order valence-electron chi connectivity index (χ4n) is 0.851. The molecule has 0 unspecified atom stereocenters. The van der Waals surface area contributed by atoms with Crippen LogP contribution in [0.5, 0.6) is 0 Å². The first-order valence-electron chi connectivity index (χ1n) is 4.12. The molecule has 1 N–H and O–H groups in total. The van der Waals surface area contributed by atoms with Crippen molar-refractivity contribution in [3.05, 3.63) is 23.5 Å². The first-order chi connectivity index (χ1) is 6.68. The van der Waals surface area contributed by atoms with Crippen molar-refractivity contribution in [1.29, 1.82) is 0 Å². The number of amides is 1. The maximum atomic E-state index is 11.2. The second-order valence-corrected chi connectivity index (χ2v) is 3.83. The molecule has 0 spiro atoms. The Morgan fingerprint density at radius 1 is 1.64 bits per heavy atom. The van der Waals surface area contributed by atoms with Crippen molar-refractivity contribution in [3.8, 4) is 0 Å². The molecule has 6 heteroatoms. The number of carbonyl (C=O) groups excluding carboxylic acids is 1. The summed E-state index contributed by atoms with van der Waals surface area (Å²) in [7, 11) is 0. The van der Waals surface area contributed by atoms with Crippen LogP contribution in [0.4, 0.5) is 0 Å². The molecule has 76 valence electrons. The molecule has 1 rings (SSSR count). The van der Waals surface area contributed by atoms with Gasteiger partial charge in [0.15, 0.2) is 0 Å². The lowest BCUT2D eigenvalue weighted by molar-refractivity contribution is -0.121. The van der Waals surface area contributed by atoms with Gasteiger partial charge in [0.25, 0.3) is 0 Å². The SMILES string of the molecule is C=C(Br)CNC(=O)CCn1ccnn1. The summed E-state index contributed by atoms with van der Waals surface area (Å²) in [5.74, 6) is -0.0268. The van der Waals surface area contributed by atoms with Crippen LogP contribution in [0, 0.1) is 0 Å². The Morgan fingerprint density at radius 2 is 2.43 bits per heavy atom. The summed E-state index contributed by atoms with van der Waals surface area (Å²) in [6.07, 6.45) is 3.69. The van der Waals surface area contributed by atoms with Gasteiger partial charge in [-0.2, -0.15) is 0 Å².